The predicted molar refractivity (Wildman–Crippen MR) is 81.8 cm³/mol. The molecule has 1 aliphatic rings. The Morgan fingerprint density at radius 2 is 2.00 bits per heavy atom. The maximum atomic E-state index is 11.5. The maximum Gasteiger partial charge on any atom is 0.219 e. The van der Waals surface area contributed by atoms with Crippen LogP contribution in [0.1, 0.15) is 12.5 Å². The van der Waals surface area contributed by atoms with E-state index in [0.717, 1.165) is 11.3 Å². The number of carbonyl (C=O) groups is 1. The van der Waals surface area contributed by atoms with Crippen LogP contribution in [0.3, 0.4) is 0 Å². The van der Waals surface area contributed by atoms with Crippen LogP contribution in [0.2, 0.25) is 0 Å². The summed E-state index contributed by atoms with van der Waals surface area (Å²) in [5.74, 6) is 0.439. The van der Waals surface area contributed by atoms with Gasteiger partial charge in [0.1, 0.15) is 18.0 Å². The number of ether oxygens (including phenoxy) is 2. The summed E-state index contributed by atoms with van der Waals surface area (Å²) in [6, 6.07) is 6.45. The van der Waals surface area contributed by atoms with Crippen molar-refractivity contribution in [3.63, 3.8) is 0 Å². The summed E-state index contributed by atoms with van der Waals surface area (Å²) < 4.78 is 10.5. The van der Waals surface area contributed by atoms with Crippen LogP contribution >= 0.6 is 0 Å². The van der Waals surface area contributed by atoms with Crippen molar-refractivity contribution in [3.8, 4) is 5.75 Å². The zero-order chi connectivity index (χ0) is 17.0. The average molecular weight is 325 g/mol. The minimum atomic E-state index is -1.18. The molecule has 1 aromatic carbocycles. The number of carbonyl (C=O) groups excluding carboxylic acids is 1. The van der Waals surface area contributed by atoms with Crippen molar-refractivity contribution in [1.82, 2.24) is 4.90 Å². The van der Waals surface area contributed by atoms with Crippen molar-refractivity contribution < 1.29 is 29.6 Å². The molecule has 1 aliphatic heterocycles. The molecule has 23 heavy (non-hydrogen) atoms. The van der Waals surface area contributed by atoms with Crippen LogP contribution < -0.4 is 4.74 Å². The predicted octanol–water partition coefficient (Wildman–Crippen LogP) is -0.475. The molecule has 7 heteroatoms. The summed E-state index contributed by atoms with van der Waals surface area (Å²) in [5, 5.41) is 29.8. The first-order valence-electron chi connectivity index (χ1n) is 7.46. The topological polar surface area (TPSA) is 99.5 Å². The van der Waals surface area contributed by atoms with Gasteiger partial charge in [-0.05, 0) is 17.7 Å². The molecule has 4 atom stereocenters. The molecule has 1 aromatic rings. The number of aliphatic hydroxyl groups excluding tert-OH is 3. The second kappa shape index (κ2) is 7.74. The normalized spacial score (nSPS) is 25.4. The van der Waals surface area contributed by atoms with E-state index >= 15 is 0 Å². The Labute approximate surface area is 135 Å². The molecular formula is C16H23NO6. The van der Waals surface area contributed by atoms with Crippen LogP contribution in [-0.4, -0.2) is 70.7 Å². The molecule has 3 N–H and O–H groups in total. The van der Waals surface area contributed by atoms with Crippen LogP contribution in [0.25, 0.3) is 0 Å². The SMILES string of the molecule is COc1ccc(COC[C@H](O)[C@H]2[C@H](O)[C@@H](O)CN2C(C)=O)cc1. The molecule has 0 unspecified atom stereocenters. The number of benzene rings is 1. The molecule has 1 heterocycles. The molecule has 1 amide bonds. The highest BCUT2D eigenvalue weighted by atomic mass is 16.5. The van der Waals surface area contributed by atoms with Crippen molar-refractivity contribution in [2.24, 2.45) is 0 Å². The Bertz CT molecular complexity index is 520. The molecular weight excluding hydrogens is 302 g/mol. The van der Waals surface area contributed by atoms with Gasteiger partial charge in [0.15, 0.2) is 0 Å². The Balaban J connectivity index is 1.87. The fraction of sp³-hybridized carbons (Fsp3) is 0.562. The lowest BCUT2D eigenvalue weighted by atomic mass is 10.1. The van der Waals surface area contributed by atoms with Gasteiger partial charge >= 0.3 is 0 Å². The summed E-state index contributed by atoms with van der Waals surface area (Å²) in [6.07, 6.45) is -3.32. The van der Waals surface area contributed by atoms with E-state index in [1.54, 1.807) is 7.11 Å². The third-order valence-corrected chi connectivity index (χ3v) is 4.00. The lowest BCUT2D eigenvalue weighted by molar-refractivity contribution is -0.134. The van der Waals surface area contributed by atoms with Gasteiger partial charge in [0.05, 0.1) is 32.5 Å². The molecule has 0 aromatic heterocycles. The smallest absolute Gasteiger partial charge is 0.219 e. The summed E-state index contributed by atoms with van der Waals surface area (Å²) in [5.41, 5.74) is 0.911. The highest BCUT2D eigenvalue weighted by Gasteiger charge is 2.45. The minimum absolute atomic E-state index is 0.0106. The van der Waals surface area contributed by atoms with Crippen LogP contribution in [0.15, 0.2) is 24.3 Å². The molecule has 0 saturated carbocycles. The lowest BCUT2D eigenvalue weighted by Crippen LogP contribution is -2.48. The van der Waals surface area contributed by atoms with Gasteiger partial charge in [-0.25, -0.2) is 0 Å². The number of hydrogen-bond donors (Lipinski definition) is 3. The van der Waals surface area contributed by atoms with Gasteiger partial charge in [-0.15, -0.1) is 0 Å². The maximum absolute atomic E-state index is 11.5. The summed E-state index contributed by atoms with van der Waals surface area (Å²) in [4.78, 5) is 12.8. The largest absolute Gasteiger partial charge is 0.497 e. The van der Waals surface area contributed by atoms with Crippen LogP contribution in [0.5, 0.6) is 5.75 Å². The van der Waals surface area contributed by atoms with E-state index in [0.29, 0.717) is 0 Å². The van der Waals surface area contributed by atoms with Gasteiger partial charge in [-0.1, -0.05) is 12.1 Å². The molecule has 0 radical (unpaired) electrons. The molecule has 0 spiro atoms. The number of likely N-dealkylation sites (tertiary alicyclic amines) is 1. The number of hydrogen-bond acceptors (Lipinski definition) is 6. The van der Waals surface area contributed by atoms with Crippen molar-refractivity contribution >= 4 is 5.91 Å². The molecule has 0 aliphatic carbocycles. The van der Waals surface area contributed by atoms with E-state index < -0.39 is 24.4 Å². The number of aliphatic hydroxyl groups is 3. The first kappa shape index (κ1) is 17.7. The van der Waals surface area contributed by atoms with Gasteiger partial charge in [0.25, 0.3) is 0 Å². The van der Waals surface area contributed by atoms with Crippen molar-refractivity contribution in [1.29, 1.82) is 0 Å². The van der Waals surface area contributed by atoms with Crippen molar-refractivity contribution in [2.75, 3.05) is 20.3 Å². The zero-order valence-corrected chi connectivity index (χ0v) is 13.3. The lowest BCUT2D eigenvalue weighted by Gasteiger charge is -2.29. The number of β-amino-alcohol motifs (C(OH)–C–C–N with tert-alkyl or cyclic N) is 1. The Hall–Kier alpha value is -1.67. The van der Waals surface area contributed by atoms with Gasteiger partial charge in [-0.3, -0.25) is 4.79 Å². The number of methoxy groups -OCH3 is 1. The molecule has 1 fully saturated rings. The fourth-order valence-electron chi connectivity index (χ4n) is 2.73. The monoisotopic (exact) mass is 325 g/mol. The van der Waals surface area contributed by atoms with E-state index in [4.69, 9.17) is 9.47 Å². The van der Waals surface area contributed by atoms with E-state index in [2.05, 4.69) is 0 Å². The summed E-state index contributed by atoms with van der Waals surface area (Å²) in [6.45, 7) is 1.58. The van der Waals surface area contributed by atoms with E-state index in [1.165, 1.54) is 11.8 Å². The highest BCUT2D eigenvalue weighted by molar-refractivity contribution is 5.74. The minimum Gasteiger partial charge on any atom is -0.497 e. The molecule has 7 nitrogen and oxygen atoms in total. The second-order valence-corrected chi connectivity index (χ2v) is 5.65. The van der Waals surface area contributed by atoms with Crippen LogP contribution in [-0.2, 0) is 16.1 Å². The van der Waals surface area contributed by atoms with Gasteiger partial charge in [-0.2, -0.15) is 0 Å². The summed E-state index contributed by atoms with van der Waals surface area (Å²) >= 11 is 0. The first-order valence-corrected chi connectivity index (χ1v) is 7.46. The Morgan fingerprint density at radius 3 is 2.57 bits per heavy atom. The fourth-order valence-corrected chi connectivity index (χ4v) is 2.73. The van der Waals surface area contributed by atoms with Crippen LogP contribution in [0.4, 0.5) is 0 Å². The third-order valence-electron chi connectivity index (χ3n) is 4.00. The number of rotatable bonds is 6. The van der Waals surface area contributed by atoms with Gasteiger partial charge in [0, 0.05) is 13.5 Å². The number of nitrogens with zero attached hydrogens (tertiary/aromatic N) is 1. The Morgan fingerprint density at radius 1 is 1.35 bits per heavy atom. The van der Waals surface area contributed by atoms with E-state index in [-0.39, 0.29) is 25.7 Å². The van der Waals surface area contributed by atoms with Crippen LogP contribution in [0, 0.1) is 0 Å². The second-order valence-electron chi connectivity index (χ2n) is 5.65. The molecule has 2 rings (SSSR count). The summed E-state index contributed by atoms with van der Waals surface area (Å²) in [7, 11) is 1.59. The van der Waals surface area contributed by atoms with E-state index in [1.807, 2.05) is 24.3 Å². The van der Waals surface area contributed by atoms with Crippen molar-refractivity contribution in [3.05, 3.63) is 29.8 Å². The van der Waals surface area contributed by atoms with Crippen molar-refractivity contribution in [2.45, 2.75) is 37.9 Å². The molecule has 128 valence electrons. The standard InChI is InChI=1S/C16H23NO6/c1-10(18)17-7-13(19)16(21)15(17)14(20)9-23-8-11-3-5-12(22-2)6-4-11/h3-6,13-16,19-21H,7-9H2,1-2H3/t13-,14-,15-,16+/m0/s1. The zero-order valence-electron chi connectivity index (χ0n) is 13.3. The quantitative estimate of drug-likeness (QED) is 0.654. The highest BCUT2D eigenvalue weighted by Crippen LogP contribution is 2.22. The molecule has 1 saturated heterocycles. The number of amides is 1. The molecule has 0 bridgehead atoms. The average Bonchev–Trinajstić information content (AvgIpc) is 2.84. The van der Waals surface area contributed by atoms with E-state index in [9.17, 15) is 20.1 Å². The first-order chi connectivity index (χ1) is 10.9. The Kier molecular flexibility index (Phi) is 5.95. The van der Waals surface area contributed by atoms with Gasteiger partial charge < -0.3 is 29.7 Å². The van der Waals surface area contributed by atoms with Gasteiger partial charge in [0.2, 0.25) is 5.91 Å². The third kappa shape index (κ3) is 4.20.